The van der Waals surface area contributed by atoms with E-state index in [1.54, 1.807) is 33.7 Å². The van der Waals surface area contributed by atoms with Gasteiger partial charge in [-0.15, -0.1) is 0 Å². The first-order valence-corrected chi connectivity index (χ1v) is 12.3. The Hall–Kier alpha value is -2.64. The number of aryl methyl sites for hydroxylation is 1. The molecule has 3 aromatic rings. The van der Waals surface area contributed by atoms with E-state index in [1.807, 2.05) is 25.1 Å². The summed E-state index contributed by atoms with van der Waals surface area (Å²) < 4.78 is 33.2. The summed E-state index contributed by atoms with van der Waals surface area (Å²) in [5.41, 5.74) is 4.50. The lowest BCUT2D eigenvalue weighted by Gasteiger charge is -2.26. The molecule has 6 nitrogen and oxygen atoms in total. The highest BCUT2D eigenvalue weighted by molar-refractivity contribution is 7.89. The topological polar surface area (TPSA) is 70.8 Å². The number of benzene rings is 2. The van der Waals surface area contributed by atoms with Gasteiger partial charge in [0.1, 0.15) is 5.58 Å². The molecule has 0 radical (unpaired) electrons. The summed E-state index contributed by atoms with van der Waals surface area (Å²) in [6, 6.07) is 11.2. The molecule has 1 saturated heterocycles. The maximum absolute atomic E-state index is 13.1. The van der Waals surface area contributed by atoms with Crippen LogP contribution in [0.15, 0.2) is 52.0 Å². The fraction of sp³-hybridized carbons (Fsp3) is 0.375. The number of furan rings is 1. The number of sulfonamides is 1. The fourth-order valence-corrected chi connectivity index (χ4v) is 6.21. The number of piperidine rings is 1. The highest BCUT2D eigenvalue weighted by Gasteiger charge is 2.30. The van der Waals surface area contributed by atoms with Gasteiger partial charge in [0.2, 0.25) is 15.9 Å². The third kappa shape index (κ3) is 3.66. The van der Waals surface area contributed by atoms with Gasteiger partial charge >= 0.3 is 0 Å². The van der Waals surface area contributed by atoms with Crippen molar-refractivity contribution in [2.24, 2.45) is 0 Å². The van der Waals surface area contributed by atoms with Gasteiger partial charge in [0, 0.05) is 36.3 Å². The van der Waals surface area contributed by atoms with Crippen LogP contribution < -0.4 is 4.90 Å². The predicted molar refractivity (Wildman–Crippen MR) is 120 cm³/mol. The number of amides is 1. The van der Waals surface area contributed by atoms with Crippen LogP contribution in [0.1, 0.15) is 36.0 Å². The molecular formula is C24H26N2O4S. The lowest BCUT2D eigenvalue weighted by Crippen LogP contribution is -2.35. The number of hydrogen-bond acceptors (Lipinski definition) is 4. The van der Waals surface area contributed by atoms with Crippen LogP contribution in [0.4, 0.5) is 5.69 Å². The first-order chi connectivity index (χ1) is 14.9. The maximum atomic E-state index is 13.1. The first-order valence-electron chi connectivity index (χ1n) is 10.8. The van der Waals surface area contributed by atoms with Crippen molar-refractivity contribution < 1.29 is 17.6 Å². The normalized spacial score (nSPS) is 17.3. The number of fused-ring (bicyclic) bond motifs is 2. The molecule has 0 spiro atoms. The Morgan fingerprint density at radius 3 is 2.65 bits per heavy atom. The molecule has 0 atom stereocenters. The van der Waals surface area contributed by atoms with Crippen molar-refractivity contribution in [3.05, 3.63) is 59.4 Å². The van der Waals surface area contributed by atoms with Crippen molar-refractivity contribution >= 4 is 32.6 Å². The Bertz CT molecular complexity index is 1260. The smallest absolute Gasteiger partial charge is 0.243 e. The van der Waals surface area contributed by atoms with Crippen LogP contribution in [-0.2, 0) is 27.7 Å². The molecule has 5 rings (SSSR count). The SMILES string of the molecule is Cc1ccc2c(CC(=O)N3CCc4cc(S(=O)(=O)N5CCCCC5)ccc43)coc2c1. The third-order valence-electron chi connectivity index (χ3n) is 6.35. The van der Waals surface area contributed by atoms with Gasteiger partial charge in [0.15, 0.2) is 0 Å². The van der Waals surface area contributed by atoms with Crippen LogP contribution in [0.5, 0.6) is 0 Å². The molecule has 1 fully saturated rings. The molecule has 3 heterocycles. The van der Waals surface area contributed by atoms with E-state index in [1.165, 1.54) is 0 Å². The molecule has 7 heteroatoms. The Morgan fingerprint density at radius 1 is 1.03 bits per heavy atom. The van der Waals surface area contributed by atoms with Gasteiger partial charge in [-0.3, -0.25) is 4.79 Å². The van der Waals surface area contributed by atoms with E-state index in [2.05, 4.69) is 0 Å². The van der Waals surface area contributed by atoms with E-state index in [4.69, 9.17) is 4.42 Å². The average Bonchev–Trinajstić information content (AvgIpc) is 3.37. The zero-order chi connectivity index (χ0) is 21.6. The highest BCUT2D eigenvalue weighted by Crippen LogP contribution is 2.33. The predicted octanol–water partition coefficient (Wildman–Crippen LogP) is 4.05. The van der Waals surface area contributed by atoms with Gasteiger partial charge < -0.3 is 9.32 Å². The second-order valence-corrected chi connectivity index (χ2v) is 10.4. The molecule has 0 N–H and O–H groups in total. The minimum Gasteiger partial charge on any atom is -0.464 e. The lowest BCUT2D eigenvalue weighted by atomic mass is 10.1. The van der Waals surface area contributed by atoms with Crippen LogP contribution in [0.2, 0.25) is 0 Å². The van der Waals surface area contributed by atoms with Crippen LogP contribution in [0.3, 0.4) is 0 Å². The van der Waals surface area contributed by atoms with Crippen molar-refractivity contribution in [2.75, 3.05) is 24.5 Å². The van der Waals surface area contributed by atoms with Crippen LogP contribution in [-0.4, -0.2) is 38.3 Å². The van der Waals surface area contributed by atoms with Crippen molar-refractivity contribution in [1.82, 2.24) is 4.31 Å². The second-order valence-electron chi connectivity index (χ2n) is 8.49. The zero-order valence-corrected chi connectivity index (χ0v) is 18.5. The van der Waals surface area contributed by atoms with E-state index in [0.717, 1.165) is 52.6 Å². The molecule has 1 amide bonds. The molecule has 0 unspecified atom stereocenters. The highest BCUT2D eigenvalue weighted by atomic mass is 32.2. The van der Waals surface area contributed by atoms with Gasteiger partial charge in [0.05, 0.1) is 17.6 Å². The van der Waals surface area contributed by atoms with Crippen molar-refractivity contribution in [1.29, 1.82) is 0 Å². The van der Waals surface area contributed by atoms with Crippen LogP contribution >= 0.6 is 0 Å². The summed E-state index contributed by atoms with van der Waals surface area (Å²) in [4.78, 5) is 15.2. The van der Waals surface area contributed by atoms with Crippen molar-refractivity contribution in [2.45, 2.75) is 43.9 Å². The van der Waals surface area contributed by atoms with E-state index in [-0.39, 0.29) is 12.3 Å². The number of carbonyl (C=O) groups is 1. The molecule has 31 heavy (non-hydrogen) atoms. The number of anilines is 1. The summed E-state index contributed by atoms with van der Waals surface area (Å²) in [6.07, 6.45) is 5.48. The molecule has 0 bridgehead atoms. The summed E-state index contributed by atoms with van der Waals surface area (Å²) in [7, 11) is -3.47. The van der Waals surface area contributed by atoms with E-state index < -0.39 is 10.0 Å². The monoisotopic (exact) mass is 438 g/mol. The molecule has 0 aliphatic carbocycles. The third-order valence-corrected chi connectivity index (χ3v) is 8.25. The van der Waals surface area contributed by atoms with Gasteiger partial charge in [-0.25, -0.2) is 8.42 Å². The number of hydrogen-bond donors (Lipinski definition) is 0. The van der Waals surface area contributed by atoms with Gasteiger partial charge in [-0.1, -0.05) is 18.6 Å². The average molecular weight is 439 g/mol. The van der Waals surface area contributed by atoms with Crippen LogP contribution in [0.25, 0.3) is 11.0 Å². The molecular weight excluding hydrogens is 412 g/mol. The van der Waals surface area contributed by atoms with E-state index in [0.29, 0.717) is 31.0 Å². The molecule has 2 aromatic carbocycles. The van der Waals surface area contributed by atoms with Gasteiger partial charge in [0.25, 0.3) is 0 Å². The Morgan fingerprint density at radius 2 is 1.84 bits per heavy atom. The maximum Gasteiger partial charge on any atom is 0.243 e. The Balaban J connectivity index is 1.37. The lowest BCUT2D eigenvalue weighted by molar-refractivity contribution is -0.117. The fourth-order valence-electron chi connectivity index (χ4n) is 4.64. The summed E-state index contributed by atoms with van der Waals surface area (Å²) >= 11 is 0. The largest absolute Gasteiger partial charge is 0.464 e. The molecule has 1 aromatic heterocycles. The van der Waals surface area contributed by atoms with Crippen LogP contribution in [0, 0.1) is 6.92 Å². The second kappa shape index (κ2) is 7.80. The number of nitrogens with zero attached hydrogens (tertiary/aromatic N) is 2. The Labute approximate surface area is 182 Å². The van der Waals surface area contributed by atoms with Gasteiger partial charge in [-0.2, -0.15) is 4.31 Å². The summed E-state index contributed by atoms with van der Waals surface area (Å²) in [5.74, 6) is -0.00587. The molecule has 2 aliphatic rings. The molecule has 162 valence electrons. The first kappa shape index (κ1) is 20.3. The summed E-state index contributed by atoms with van der Waals surface area (Å²) in [5, 5.41) is 0.960. The van der Waals surface area contributed by atoms with Crippen molar-refractivity contribution in [3.8, 4) is 0 Å². The molecule has 2 aliphatic heterocycles. The zero-order valence-electron chi connectivity index (χ0n) is 17.6. The quantitative estimate of drug-likeness (QED) is 0.616. The van der Waals surface area contributed by atoms with Crippen molar-refractivity contribution in [3.63, 3.8) is 0 Å². The van der Waals surface area contributed by atoms with Gasteiger partial charge in [-0.05, 0) is 61.6 Å². The van der Waals surface area contributed by atoms with E-state index in [9.17, 15) is 13.2 Å². The number of rotatable bonds is 4. The minimum absolute atomic E-state index is 0.00587. The standard InChI is InChI=1S/C24H26N2O4S/c1-17-5-7-21-19(16-30-23(21)13-17)15-24(27)26-12-9-18-14-20(6-8-22(18)26)31(28,29)25-10-3-2-4-11-25/h5-8,13-14,16H,2-4,9-12,15H2,1H3. The van der Waals surface area contributed by atoms with E-state index >= 15 is 0 Å². The Kier molecular flexibility index (Phi) is 5.10. The minimum atomic E-state index is -3.47. The number of carbonyl (C=O) groups excluding carboxylic acids is 1. The molecule has 0 saturated carbocycles. The summed E-state index contributed by atoms with van der Waals surface area (Å²) in [6.45, 7) is 3.74.